The molecule has 0 aliphatic carbocycles. The molecule has 0 saturated carbocycles. The summed E-state index contributed by atoms with van der Waals surface area (Å²) in [6, 6.07) is 7.43. The maximum Gasteiger partial charge on any atom is 0.224 e. The molecular weight excluding hydrogens is 332 g/mol. The van der Waals surface area contributed by atoms with Crippen molar-refractivity contribution < 1.29 is 14.3 Å². The molecule has 1 saturated heterocycles. The molecule has 140 valence electrons. The molecule has 1 atom stereocenters. The van der Waals surface area contributed by atoms with Gasteiger partial charge in [-0.15, -0.1) is 0 Å². The summed E-state index contributed by atoms with van der Waals surface area (Å²) in [5.41, 5.74) is 9.22. The van der Waals surface area contributed by atoms with Crippen LogP contribution in [-0.2, 0) is 4.79 Å². The van der Waals surface area contributed by atoms with E-state index in [4.69, 9.17) is 15.2 Å². The predicted molar refractivity (Wildman–Crippen MR) is 98.4 cm³/mol. The molecule has 1 amide bonds. The molecular formula is C19H26N4O3. The van der Waals surface area contributed by atoms with E-state index in [1.54, 1.807) is 20.3 Å². The summed E-state index contributed by atoms with van der Waals surface area (Å²) in [6.45, 7) is 5.38. The van der Waals surface area contributed by atoms with E-state index in [0.717, 1.165) is 17.0 Å². The molecule has 1 aliphatic heterocycles. The van der Waals surface area contributed by atoms with E-state index in [1.165, 1.54) is 0 Å². The third-order valence-corrected chi connectivity index (χ3v) is 4.84. The molecule has 26 heavy (non-hydrogen) atoms. The van der Waals surface area contributed by atoms with E-state index < -0.39 is 0 Å². The van der Waals surface area contributed by atoms with Crippen LogP contribution in [0.5, 0.6) is 11.5 Å². The number of amides is 1. The van der Waals surface area contributed by atoms with E-state index in [-0.39, 0.29) is 24.4 Å². The molecule has 7 heteroatoms. The number of hydrogen-bond donors (Lipinski definition) is 1. The van der Waals surface area contributed by atoms with Gasteiger partial charge in [0, 0.05) is 31.2 Å². The Morgan fingerprint density at radius 2 is 1.92 bits per heavy atom. The van der Waals surface area contributed by atoms with Crippen LogP contribution >= 0.6 is 0 Å². The minimum Gasteiger partial charge on any atom is -0.493 e. The monoisotopic (exact) mass is 358 g/mol. The third kappa shape index (κ3) is 3.53. The van der Waals surface area contributed by atoms with Crippen molar-refractivity contribution in [3.63, 3.8) is 0 Å². The molecule has 1 aliphatic rings. The van der Waals surface area contributed by atoms with Gasteiger partial charge in [-0.3, -0.25) is 9.48 Å². The summed E-state index contributed by atoms with van der Waals surface area (Å²) in [5, 5.41) is 4.50. The SMILES string of the molecule is COc1ccc(C(N)CC(=O)N2CC(n3nc(C)cc3C)C2)cc1OC. The lowest BCUT2D eigenvalue weighted by Gasteiger charge is -2.40. The molecule has 0 radical (unpaired) electrons. The van der Waals surface area contributed by atoms with Crippen LogP contribution in [-0.4, -0.2) is 47.9 Å². The molecule has 3 rings (SSSR count). The molecule has 0 spiro atoms. The lowest BCUT2D eigenvalue weighted by molar-refractivity contribution is -0.137. The predicted octanol–water partition coefficient (Wildman–Crippen LogP) is 1.99. The number of hydrogen-bond acceptors (Lipinski definition) is 5. The fourth-order valence-electron chi connectivity index (χ4n) is 3.35. The highest BCUT2D eigenvalue weighted by Gasteiger charge is 2.33. The van der Waals surface area contributed by atoms with Crippen LogP contribution < -0.4 is 15.2 Å². The van der Waals surface area contributed by atoms with Gasteiger partial charge in [-0.1, -0.05) is 6.07 Å². The van der Waals surface area contributed by atoms with Crippen LogP contribution in [0.25, 0.3) is 0 Å². The topological polar surface area (TPSA) is 82.6 Å². The van der Waals surface area contributed by atoms with E-state index in [2.05, 4.69) is 11.2 Å². The number of benzene rings is 1. The number of nitrogens with zero attached hydrogens (tertiary/aromatic N) is 3. The molecule has 1 fully saturated rings. The molecule has 2 heterocycles. The van der Waals surface area contributed by atoms with Crippen molar-refractivity contribution in [2.75, 3.05) is 27.3 Å². The minimum absolute atomic E-state index is 0.0602. The zero-order chi connectivity index (χ0) is 18.8. The summed E-state index contributed by atoms with van der Waals surface area (Å²) in [7, 11) is 3.17. The normalized spacial score (nSPS) is 15.5. The van der Waals surface area contributed by atoms with Crippen molar-refractivity contribution in [1.82, 2.24) is 14.7 Å². The van der Waals surface area contributed by atoms with Gasteiger partial charge in [0.15, 0.2) is 11.5 Å². The van der Waals surface area contributed by atoms with Crippen LogP contribution in [0.1, 0.15) is 35.5 Å². The van der Waals surface area contributed by atoms with Crippen LogP contribution in [0.2, 0.25) is 0 Å². The van der Waals surface area contributed by atoms with Crippen LogP contribution in [0.4, 0.5) is 0 Å². The second-order valence-corrected chi connectivity index (χ2v) is 6.75. The highest BCUT2D eigenvalue weighted by molar-refractivity contribution is 5.78. The Hall–Kier alpha value is -2.54. The van der Waals surface area contributed by atoms with Gasteiger partial charge in [0.2, 0.25) is 5.91 Å². The maximum atomic E-state index is 12.5. The number of rotatable bonds is 6. The second kappa shape index (κ2) is 7.37. The zero-order valence-electron chi connectivity index (χ0n) is 15.7. The first-order valence-electron chi connectivity index (χ1n) is 8.71. The lowest BCUT2D eigenvalue weighted by atomic mass is 10.0. The number of carbonyl (C=O) groups excluding carboxylic acids is 1. The van der Waals surface area contributed by atoms with Crippen LogP contribution in [0, 0.1) is 13.8 Å². The van der Waals surface area contributed by atoms with Gasteiger partial charge >= 0.3 is 0 Å². The van der Waals surface area contributed by atoms with E-state index >= 15 is 0 Å². The number of likely N-dealkylation sites (tertiary alicyclic amines) is 1. The minimum atomic E-state index is -0.380. The number of ether oxygens (including phenoxy) is 2. The second-order valence-electron chi connectivity index (χ2n) is 6.75. The van der Waals surface area contributed by atoms with Crippen molar-refractivity contribution in [1.29, 1.82) is 0 Å². The highest BCUT2D eigenvalue weighted by atomic mass is 16.5. The van der Waals surface area contributed by atoms with E-state index in [0.29, 0.717) is 24.6 Å². The number of aromatic nitrogens is 2. The highest BCUT2D eigenvalue weighted by Crippen LogP contribution is 2.31. The van der Waals surface area contributed by atoms with Crippen molar-refractivity contribution in [2.45, 2.75) is 32.4 Å². The van der Waals surface area contributed by atoms with Crippen molar-refractivity contribution in [2.24, 2.45) is 5.73 Å². The Morgan fingerprint density at radius 1 is 1.23 bits per heavy atom. The van der Waals surface area contributed by atoms with Gasteiger partial charge in [0.05, 0.1) is 26.0 Å². The molecule has 1 aromatic heterocycles. The Morgan fingerprint density at radius 3 is 2.50 bits per heavy atom. The first-order chi connectivity index (χ1) is 12.4. The Bertz CT molecular complexity index is 796. The summed E-state index contributed by atoms with van der Waals surface area (Å²) in [5.74, 6) is 1.32. The van der Waals surface area contributed by atoms with Gasteiger partial charge in [-0.2, -0.15) is 5.10 Å². The summed E-state index contributed by atoms with van der Waals surface area (Å²) >= 11 is 0. The summed E-state index contributed by atoms with van der Waals surface area (Å²) in [4.78, 5) is 14.3. The zero-order valence-corrected chi connectivity index (χ0v) is 15.7. The van der Waals surface area contributed by atoms with E-state index in [9.17, 15) is 4.79 Å². The number of nitrogens with two attached hydrogens (primary N) is 1. The maximum absolute atomic E-state index is 12.5. The van der Waals surface area contributed by atoms with E-state index in [1.807, 2.05) is 35.6 Å². The van der Waals surface area contributed by atoms with Gasteiger partial charge in [-0.25, -0.2) is 0 Å². The van der Waals surface area contributed by atoms with Gasteiger partial charge in [0.1, 0.15) is 0 Å². The molecule has 2 aromatic rings. The van der Waals surface area contributed by atoms with Crippen LogP contribution in [0.15, 0.2) is 24.3 Å². The van der Waals surface area contributed by atoms with Gasteiger partial charge in [-0.05, 0) is 37.6 Å². The first-order valence-corrected chi connectivity index (χ1v) is 8.71. The average Bonchev–Trinajstić information content (AvgIpc) is 2.90. The number of carbonyl (C=O) groups is 1. The fourth-order valence-corrected chi connectivity index (χ4v) is 3.35. The third-order valence-electron chi connectivity index (χ3n) is 4.84. The van der Waals surface area contributed by atoms with Crippen molar-refractivity contribution in [3.05, 3.63) is 41.2 Å². The fraction of sp³-hybridized carbons (Fsp3) is 0.474. The molecule has 0 bridgehead atoms. The Labute approximate surface area is 153 Å². The van der Waals surface area contributed by atoms with Gasteiger partial charge in [0.25, 0.3) is 0 Å². The summed E-state index contributed by atoms with van der Waals surface area (Å²) in [6.07, 6.45) is 0.263. The lowest BCUT2D eigenvalue weighted by Crippen LogP contribution is -2.51. The smallest absolute Gasteiger partial charge is 0.224 e. The summed E-state index contributed by atoms with van der Waals surface area (Å²) < 4.78 is 12.5. The quantitative estimate of drug-likeness (QED) is 0.854. The van der Waals surface area contributed by atoms with Gasteiger partial charge < -0.3 is 20.1 Å². The van der Waals surface area contributed by atoms with Crippen LogP contribution in [0.3, 0.4) is 0 Å². The average molecular weight is 358 g/mol. The first kappa shape index (κ1) is 18.3. The number of methoxy groups -OCH3 is 2. The van der Waals surface area contributed by atoms with Crippen molar-refractivity contribution in [3.8, 4) is 11.5 Å². The Kier molecular flexibility index (Phi) is 5.18. The molecule has 1 aromatic carbocycles. The standard InChI is InChI=1S/C19H26N4O3/c1-12-7-13(2)23(21-12)15-10-22(11-15)19(24)9-16(20)14-5-6-17(25-3)18(8-14)26-4/h5-8,15-16H,9-11,20H2,1-4H3. The Balaban J connectivity index is 1.58. The molecule has 2 N–H and O–H groups in total. The largest absolute Gasteiger partial charge is 0.493 e. The van der Waals surface area contributed by atoms with Crippen molar-refractivity contribution >= 4 is 5.91 Å². The molecule has 1 unspecified atom stereocenters. The number of aryl methyl sites for hydroxylation is 2. The molecule has 7 nitrogen and oxygen atoms in total.